The third kappa shape index (κ3) is 4.09. The number of allylic oxidation sites excluding steroid dienone is 1. The molecule has 2 aromatic heterocycles. The maximum Gasteiger partial charge on any atom is 0.255 e. The van der Waals surface area contributed by atoms with E-state index >= 15 is 0 Å². The zero-order valence-corrected chi connectivity index (χ0v) is 19.3. The predicted molar refractivity (Wildman–Crippen MR) is 131 cm³/mol. The van der Waals surface area contributed by atoms with E-state index in [2.05, 4.69) is 25.7 Å². The van der Waals surface area contributed by atoms with Gasteiger partial charge in [-0.05, 0) is 55.0 Å². The van der Waals surface area contributed by atoms with Crippen LogP contribution in [-0.2, 0) is 4.79 Å². The van der Waals surface area contributed by atoms with Crippen molar-refractivity contribution in [2.24, 2.45) is 0 Å². The molecule has 1 aliphatic heterocycles. The van der Waals surface area contributed by atoms with Crippen LogP contribution in [0.4, 0.5) is 11.6 Å². The number of hydrogen-bond acceptors (Lipinski definition) is 6. The van der Waals surface area contributed by atoms with E-state index in [9.17, 15) is 9.90 Å². The Hall–Kier alpha value is -3.88. The summed E-state index contributed by atoms with van der Waals surface area (Å²) < 4.78 is 1.62. The van der Waals surface area contributed by atoms with E-state index < -0.39 is 6.04 Å². The van der Waals surface area contributed by atoms with E-state index in [4.69, 9.17) is 23.2 Å². The molecule has 0 saturated heterocycles. The van der Waals surface area contributed by atoms with Gasteiger partial charge >= 0.3 is 0 Å². The number of benzene rings is 2. The lowest BCUT2D eigenvalue weighted by Crippen LogP contribution is -2.31. The number of amides is 1. The molecule has 0 radical (unpaired) electrons. The van der Waals surface area contributed by atoms with Gasteiger partial charge in [-0.3, -0.25) is 9.78 Å². The first-order valence-corrected chi connectivity index (χ1v) is 11.1. The largest absolute Gasteiger partial charge is 0.508 e. The zero-order valence-electron chi connectivity index (χ0n) is 17.8. The van der Waals surface area contributed by atoms with Crippen LogP contribution in [0.2, 0.25) is 10.0 Å². The van der Waals surface area contributed by atoms with Crippen LogP contribution in [-0.4, -0.2) is 30.8 Å². The monoisotopic (exact) mass is 492 g/mol. The number of aromatic hydroxyl groups is 1. The number of carbonyl (C=O) groups excluding carboxylic acids is 1. The molecule has 10 heteroatoms. The highest BCUT2D eigenvalue weighted by molar-refractivity contribution is 6.42. The quantitative estimate of drug-likeness (QED) is 0.357. The number of fused-ring (bicyclic) bond motifs is 1. The van der Waals surface area contributed by atoms with Gasteiger partial charge in [-0.25, -0.2) is 4.68 Å². The van der Waals surface area contributed by atoms with Crippen molar-refractivity contribution in [3.63, 3.8) is 0 Å². The molecule has 0 fully saturated rings. The van der Waals surface area contributed by atoms with Crippen LogP contribution in [0.3, 0.4) is 0 Å². The van der Waals surface area contributed by atoms with E-state index in [-0.39, 0.29) is 11.7 Å². The van der Waals surface area contributed by atoms with Crippen molar-refractivity contribution < 1.29 is 9.90 Å². The Balaban J connectivity index is 1.61. The smallest absolute Gasteiger partial charge is 0.255 e. The lowest BCUT2D eigenvalue weighted by molar-refractivity contribution is -0.113. The fourth-order valence-corrected chi connectivity index (χ4v) is 4.14. The summed E-state index contributed by atoms with van der Waals surface area (Å²) in [5.41, 5.74) is 2.93. The van der Waals surface area contributed by atoms with E-state index in [0.29, 0.717) is 49.9 Å². The molecule has 0 aliphatic carbocycles. The Morgan fingerprint density at radius 1 is 1.12 bits per heavy atom. The van der Waals surface area contributed by atoms with Crippen LogP contribution in [0, 0.1) is 0 Å². The minimum atomic E-state index is -0.649. The summed E-state index contributed by atoms with van der Waals surface area (Å²) in [6, 6.07) is 14.7. The molecule has 1 unspecified atom stereocenters. The van der Waals surface area contributed by atoms with Gasteiger partial charge in [0.2, 0.25) is 5.95 Å². The van der Waals surface area contributed by atoms with Gasteiger partial charge in [0, 0.05) is 17.5 Å². The fraction of sp³-hybridized carbons (Fsp3) is 0.0833. The normalized spacial score (nSPS) is 15.0. The molecule has 34 heavy (non-hydrogen) atoms. The summed E-state index contributed by atoms with van der Waals surface area (Å²) in [7, 11) is 0. The minimum Gasteiger partial charge on any atom is -0.508 e. The van der Waals surface area contributed by atoms with Gasteiger partial charge in [0.05, 0.1) is 27.5 Å². The van der Waals surface area contributed by atoms with Crippen molar-refractivity contribution in [2.75, 3.05) is 10.6 Å². The highest BCUT2D eigenvalue weighted by Gasteiger charge is 2.34. The Bertz CT molecular complexity index is 1430. The molecule has 1 amide bonds. The predicted octanol–water partition coefficient (Wildman–Crippen LogP) is 5.28. The van der Waals surface area contributed by atoms with Crippen LogP contribution in [0.1, 0.15) is 18.5 Å². The Morgan fingerprint density at radius 2 is 1.97 bits per heavy atom. The molecule has 4 aromatic rings. The van der Waals surface area contributed by atoms with Crippen molar-refractivity contribution >= 4 is 40.7 Å². The highest BCUT2D eigenvalue weighted by Crippen LogP contribution is 2.38. The second kappa shape index (κ2) is 8.81. The van der Waals surface area contributed by atoms with Gasteiger partial charge in [0.25, 0.3) is 5.91 Å². The molecule has 0 saturated carbocycles. The summed E-state index contributed by atoms with van der Waals surface area (Å²) in [5.74, 6) is 0.605. The van der Waals surface area contributed by atoms with Crippen LogP contribution in [0.25, 0.3) is 11.4 Å². The van der Waals surface area contributed by atoms with Crippen molar-refractivity contribution in [1.29, 1.82) is 0 Å². The third-order valence-corrected chi connectivity index (χ3v) is 6.12. The number of phenols is 1. The Kier molecular flexibility index (Phi) is 5.69. The average molecular weight is 493 g/mol. The average Bonchev–Trinajstić information content (AvgIpc) is 3.24. The van der Waals surface area contributed by atoms with E-state index in [1.165, 1.54) is 0 Å². The summed E-state index contributed by atoms with van der Waals surface area (Å²) in [6.07, 6.45) is 3.20. The number of pyridine rings is 1. The minimum absolute atomic E-state index is 0.0760. The summed E-state index contributed by atoms with van der Waals surface area (Å²) in [5, 5.41) is 21.7. The zero-order chi connectivity index (χ0) is 23.8. The van der Waals surface area contributed by atoms with Gasteiger partial charge < -0.3 is 15.7 Å². The SMILES string of the molecule is CC1=C(C(=O)Nc2cccnc2)C(c2cccc(O)c2)n2nc(-c3ccc(Cl)c(Cl)c3)nc2N1. The van der Waals surface area contributed by atoms with Crippen LogP contribution >= 0.6 is 23.2 Å². The molecular formula is C24H18Cl2N6O2. The van der Waals surface area contributed by atoms with Gasteiger partial charge in [-0.1, -0.05) is 35.3 Å². The summed E-state index contributed by atoms with van der Waals surface area (Å²) in [6.45, 7) is 1.80. The Morgan fingerprint density at radius 3 is 2.71 bits per heavy atom. The lowest BCUT2D eigenvalue weighted by atomic mass is 9.95. The van der Waals surface area contributed by atoms with Crippen molar-refractivity contribution in [3.05, 3.63) is 93.9 Å². The third-order valence-electron chi connectivity index (χ3n) is 5.38. The van der Waals surface area contributed by atoms with Crippen molar-refractivity contribution in [3.8, 4) is 17.1 Å². The van der Waals surface area contributed by atoms with E-state index in [0.717, 1.165) is 0 Å². The number of halogens is 2. The second-order valence-corrected chi connectivity index (χ2v) is 8.50. The molecule has 8 nitrogen and oxygen atoms in total. The highest BCUT2D eigenvalue weighted by atomic mass is 35.5. The first kappa shape index (κ1) is 21.9. The number of hydrogen-bond donors (Lipinski definition) is 3. The van der Waals surface area contributed by atoms with Gasteiger partial charge in [0.15, 0.2) is 5.82 Å². The Labute approximate surface area is 204 Å². The molecule has 1 aliphatic rings. The summed E-state index contributed by atoms with van der Waals surface area (Å²) in [4.78, 5) is 22.1. The maximum atomic E-state index is 13.4. The molecule has 0 spiro atoms. The van der Waals surface area contributed by atoms with Crippen LogP contribution in [0.5, 0.6) is 5.75 Å². The number of carbonyl (C=O) groups is 1. The number of phenolic OH excluding ortho intramolecular Hbond substituents is 1. The standard InChI is InChI=1S/C24H18Cl2N6O2/c1-13-20(23(34)29-16-5-3-9-27-12-16)21(14-4-2-6-17(33)10-14)32-24(28-13)30-22(31-32)15-7-8-18(25)19(26)11-15/h2-12,21,33H,1H3,(H,29,34)(H,28,30,31). The van der Waals surface area contributed by atoms with Crippen molar-refractivity contribution in [1.82, 2.24) is 19.7 Å². The van der Waals surface area contributed by atoms with E-state index in [1.54, 1.807) is 72.5 Å². The fourth-order valence-electron chi connectivity index (χ4n) is 3.84. The maximum absolute atomic E-state index is 13.4. The number of aromatic nitrogens is 4. The molecule has 5 rings (SSSR count). The van der Waals surface area contributed by atoms with Crippen LogP contribution in [0.15, 0.2) is 78.3 Å². The first-order chi connectivity index (χ1) is 16.4. The van der Waals surface area contributed by atoms with Gasteiger partial charge in [0.1, 0.15) is 11.8 Å². The molecule has 170 valence electrons. The molecular weight excluding hydrogens is 475 g/mol. The second-order valence-electron chi connectivity index (χ2n) is 7.69. The topological polar surface area (TPSA) is 105 Å². The van der Waals surface area contributed by atoms with Gasteiger partial charge in [-0.15, -0.1) is 5.10 Å². The molecule has 2 aromatic carbocycles. The van der Waals surface area contributed by atoms with Crippen LogP contribution < -0.4 is 10.6 Å². The van der Waals surface area contributed by atoms with E-state index in [1.807, 2.05) is 6.07 Å². The molecule has 0 bridgehead atoms. The summed E-state index contributed by atoms with van der Waals surface area (Å²) >= 11 is 12.3. The number of rotatable bonds is 4. The van der Waals surface area contributed by atoms with Crippen molar-refractivity contribution in [2.45, 2.75) is 13.0 Å². The van der Waals surface area contributed by atoms with Gasteiger partial charge in [-0.2, -0.15) is 4.98 Å². The molecule has 3 N–H and O–H groups in total. The molecule has 3 heterocycles. The lowest BCUT2D eigenvalue weighted by Gasteiger charge is -2.28. The number of anilines is 2. The first-order valence-electron chi connectivity index (χ1n) is 10.3. The molecule has 1 atom stereocenters. The number of nitrogens with one attached hydrogen (secondary N) is 2. The number of nitrogens with zero attached hydrogens (tertiary/aromatic N) is 4.